The standard InChI is InChI=1S/C48H68O8/c1-6-7-8-11-30(4)32(13-10-19-49)15-16-33-22-35-24-41(52)36(20-29(2)3)23-38(35)47-45(54-5)27-43-39(46(33)47)26-42(53)48(56-43)34-17-18-40(51)44(25-34)55-37-14-9-12-31(21-37)28-50/h17-18,23-25,27,29-33,37,42,48-53H,6-16,19-22,26,28H2,1-5H3/t30-,31-,32+,33-,37-,42+,48-/m0/s1. The van der Waals surface area contributed by atoms with Crippen molar-refractivity contribution in [3.8, 4) is 39.9 Å². The highest BCUT2D eigenvalue weighted by Crippen LogP contribution is 2.54. The van der Waals surface area contributed by atoms with Gasteiger partial charge in [-0.1, -0.05) is 59.4 Å². The molecule has 308 valence electrons. The highest BCUT2D eigenvalue weighted by Gasteiger charge is 2.39. The van der Waals surface area contributed by atoms with Crippen molar-refractivity contribution >= 4 is 0 Å². The summed E-state index contributed by atoms with van der Waals surface area (Å²) in [6, 6.07) is 11.3. The van der Waals surface area contributed by atoms with E-state index in [1.165, 1.54) is 31.2 Å². The first-order chi connectivity index (χ1) is 27.0. The summed E-state index contributed by atoms with van der Waals surface area (Å²) in [4.78, 5) is 0. The van der Waals surface area contributed by atoms with Crippen LogP contribution in [0.3, 0.4) is 0 Å². The quantitative estimate of drug-likeness (QED) is 0.0809. The van der Waals surface area contributed by atoms with E-state index in [0.29, 0.717) is 41.4 Å². The minimum Gasteiger partial charge on any atom is -0.508 e. The second-order valence-electron chi connectivity index (χ2n) is 17.6. The molecule has 3 aliphatic rings. The van der Waals surface area contributed by atoms with Crippen LogP contribution >= 0.6 is 0 Å². The number of hydrogen-bond acceptors (Lipinski definition) is 8. The van der Waals surface area contributed by atoms with E-state index in [2.05, 4.69) is 33.8 Å². The summed E-state index contributed by atoms with van der Waals surface area (Å²) in [6.07, 6.45) is 12.5. The molecule has 2 aliphatic carbocycles. The molecule has 0 amide bonds. The molecule has 1 fully saturated rings. The topological polar surface area (TPSA) is 129 Å². The molecule has 3 aromatic carbocycles. The van der Waals surface area contributed by atoms with E-state index in [0.717, 1.165) is 103 Å². The average molecular weight is 773 g/mol. The number of rotatable bonds is 18. The lowest BCUT2D eigenvalue weighted by atomic mass is 9.71. The Morgan fingerprint density at radius 2 is 1.71 bits per heavy atom. The Labute approximate surface area is 335 Å². The van der Waals surface area contributed by atoms with Crippen LogP contribution in [0.4, 0.5) is 0 Å². The molecule has 0 unspecified atom stereocenters. The molecule has 56 heavy (non-hydrogen) atoms. The summed E-state index contributed by atoms with van der Waals surface area (Å²) in [5.41, 5.74) is 7.07. The van der Waals surface area contributed by atoms with Crippen molar-refractivity contribution in [3.05, 3.63) is 64.2 Å². The predicted octanol–water partition coefficient (Wildman–Crippen LogP) is 9.96. The molecule has 8 heteroatoms. The molecule has 0 saturated heterocycles. The summed E-state index contributed by atoms with van der Waals surface area (Å²) < 4.78 is 19.3. The van der Waals surface area contributed by atoms with Crippen molar-refractivity contribution in [1.82, 2.24) is 0 Å². The fourth-order valence-corrected chi connectivity index (χ4v) is 9.95. The van der Waals surface area contributed by atoms with Crippen LogP contribution in [-0.2, 0) is 19.3 Å². The monoisotopic (exact) mass is 772 g/mol. The van der Waals surface area contributed by atoms with Gasteiger partial charge in [-0.05, 0) is 146 Å². The van der Waals surface area contributed by atoms with Crippen molar-refractivity contribution in [1.29, 1.82) is 0 Å². The maximum atomic E-state index is 12.0. The summed E-state index contributed by atoms with van der Waals surface area (Å²) in [5, 5.41) is 53.6. The first-order valence-electron chi connectivity index (χ1n) is 21.7. The first kappa shape index (κ1) is 42.2. The van der Waals surface area contributed by atoms with E-state index >= 15 is 0 Å². The fraction of sp³-hybridized carbons (Fsp3) is 0.625. The molecule has 1 aliphatic heterocycles. The summed E-state index contributed by atoms with van der Waals surface area (Å²) >= 11 is 0. The van der Waals surface area contributed by atoms with Gasteiger partial charge in [-0.2, -0.15) is 0 Å². The van der Waals surface area contributed by atoms with Gasteiger partial charge in [0.15, 0.2) is 11.5 Å². The van der Waals surface area contributed by atoms with Crippen molar-refractivity contribution in [2.75, 3.05) is 20.3 Å². The number of methoxy groups -OCH3 is 1. The van der Waals surface area contributed by atoms with E-state index in [4.69, 9.17) is 14.2 Å². The van der Waals surface area contributed by atoms with E-state index in [1.807, 2.05) is 12.1 Å². The molecular weight excluding hydrogens is 705 g/mol. The van der Waals surface area contributed by atoms with Gasteiger partial charge in [-0.15, -0.1) is 0 Å². The van der Waals surface area contributed by atoms with Gasteiger partial charge in [0.25, 0.3) is 0 Å². The lowest BCUT2D eigenvalue weighted by Gasteiger charge is -2.38. The number of aliphatic hydroxyl groups is 3. The Hall–Kier alpha value is -3.46. The lowest BCUT2D eigenvalue weighted by molar-refractivity contribution is 0.0198. The van der Waals surface area contributed by atoms with E-state index in [-0.39, 0.29) is 36.9 Å². The third kappa shape index (κ3) is 9.62. The van der Waals surface area contributed by atoms with Crippen LogP contribution < -0.4 is 14.2 Å². The highest BCUT2D eigenvalue weighted by molar-refractivity contribution is 5.83. The first-order valence-corrected chi connectivity index (χ1v) is 21.7. The van der Waals surface area contributed by atoms with Gasteiger partial charge >= 0.3 is 0 Å². The Morgan fingerprint density at radius 3 is 2.45 bits per heavy atom. The van der Waals surface area contributed by atoms with Crippen molar-refractivity contribution < 1.29 is 39.7 Å². The molecule has 8 nitrogen and oxygen atoms in total. The number of aliphatic hydroxyl groups excluding tert-OH is 3. The zero-order valence-electron chi connectivity index (χ0n) is 34.6. The largest absolute Gasteiger partial charge is 0.508 e. The number of hydrogen-bond donors (Lipinski definition) is 5. The maximum Gasteiger partial charge on any atom is 0.161 e. The predicted molar refractivity (Wildman–Crippen MR) is 222 cm³/mol. The fourth-order valence-electron chi connectivity index (χ4n) is 9.95. The van der Waals surface area contributed by atoms with E-state index in [9.17, 15) is 25.5 Å². The molecule has 0 spiro atoms. The van der Waals surface area contributed by atoms with Gasteiger partial charge in [-0.25, -0.2) is 0 Å². The molecule has 0 bridgehead atoms. The molecule has 0 radical (unpaired) electrons. The molecule has 5 N–H and O–H groups in total. The molecule has 7 atom stereocenters. The van der Waals surface area contributed by atoms with E-state index < -0.39 is 12.2 Å². The Bertz CT molecular complexity index is 1750. The Kier molecular flexibility index (Phi) is 14.5. The summed E-state index contributed by atoms with van der Waals surface area (Å²) in [6.45, 7) is 9.30. The zero-order valence-corrected chi connectivity index (χ0v) is 34.6. The van der Waals surface area contributed by atoms with Crippen LogP contribution in [0.2, 0.25) is 0 Å². The van der Waals surface area contributed by atoms with Gasteiger partial charge in [0.05, 0.1) is 19.3 Å². The van der Waals surface area contributed by atoms with Crippen molar-refractivity contribution in [2.24, 2.45) is 23.7 Å². The summed E-state index contributed by atoms with van der Waals surface area (Å²) in [7, 11) is 1.70. The van der Waals surface area contributed by atoms with Crippen LogP contribution in [0.1, 0.15) is 145 Å². The average Bonchev–Trinajstić information content (AvgIpc) is 3.18. The third-order valence-electron chi connectivity index (χ3n) is 13.0. The number of unbranched alkanes of at least 4 members (excludes halogenated alkanes) is 2. The number of phenols is 2. The van der Waals surface area contributed by atoms with Crippen LogP contribution in [0.15, 0.2) is 36.4 Å². The van der Waals surface area contributed by atoms with Gasteiger partial charge in [0.2, 0.25) is 0 Å². The third-order valence-corrected chi connectivity index (χ3v) is 13.0. The lowest BCUT2D eigenvalue weighted by Crippen LogP contribution is -2.32. The molecule has 6 rings (SSSR count). The second kappa shape index (κ2) is 19.3. The van der Waals surface area contributed by atoms with Crippen LogP contribution in [0.5, 0.6) is 28.7 Å². The van der Waals surface area contributed by atoms with Gasteiger partial charge in [-0.3, -0.25) is 0 Å². The molecular formula is C48H68O8. The van der Waals surface area contributed by atoms with Crippen molar-refractivity contribution in [2.45, 2.75) is 148 Å². The highest BCUT2D eigenvalue weighted by atomic mass is 16.5. The number of benzene rings is 3. The Balaban J connectivity index is 1.37. The molecule has 1 saturated carbocycles. The number of phenolic OH excluding ortho intramolecular Hbond substituents is 2. The minimum absolute atomic E-state index is 0.0441. The molecule has 3 aromatic rings. The van der Waals surface area contributed by atoms with E-state index in [1.54, 1.807) is 25.3 Å². The number of fused-ring (bicyclic) bond motifs is 5. The minimum atomic E-state index is -0.847. The van der Waals surface area contributed by atoms with Crippen LogP contribution in [-0.4, -0.2) is 58.1 Å². The second-order valence-corrected chi connectivity index (χ2v) is 17.6. The summed E-state index contributed by atoms with van der Waals surface area (Å²) in [5.74, 6) is 3.92. The number of ether oxygens (including phenoxy) is 3. The SMILES string of the molecule is CCCCC[C@H](C)[C@H](CCCO)CC[C@H]1Cc2cc(O)c(CC(C)C)cc2-c2c(OC)cc3c(c21)C[C@@H](O)[C@H](c1ccc(O)c(O[C@H]2CCC[C@H](CO)C2)c1)O3. The van der Waals surface area contributed by atoms with Gasteiger partial charge < -0.3 is 39.7 Å². The normalized spacial score (nSPS) is 22.8. The van der Waals surface area contributed by atoms with Gasteiger partial charge in [0.1, 0.15) is 23.4 Å². The van der Waals surface area contributed by atoms with Gasteiger partial charge in [0, 0.05) is 36.8 Å². The number of aromatic hydroxyl groups is 2. The van der Waals surface area contributed by atoms with Crippen molar-refractivity contribution in [3.63, 3.8) is 0 Å². The molecule has 1 heterocycles. The maximum absolute atomic E-state index is 12.0. The Morgan fingerprint density at radius 1 is 0.893 bits per heavy atom. The van der Waals surface area contributed by atoms with Crippen LogP contribution in [0, 0.1) is 23.7 Å². The molecule has 0 aromatic heterocycles. The smallest absolute Gasteiger partial charge is 0.161 e. The van der Waals surface area contributed by atoms with Crippen LogP contribution in [0.25, 0.3) is 11.1 Å². The zero-order chi connectivity index (χ0) is 39.9.